The van der Waals surface area contributed by atoms with Crippen LogP contribution in [0.4, 0.5) is 0 Å². The molecule has 0 amide bonds. The fourth-order valence-corrected chi connectivity index (χ4v) is 4.07. The highest BCUT2D eigenvalue weighted by atomic mass is 16.5. The van der Waals surface area contributed by atoms with Crippen LogP contribution >= 0.6 is 0 Å². The zero-order chi connectivity index (χ0) is 18.7. The molecule has 0 aliphatic carbocycles. The molecule has 1 aromatic heterocycles. The Balaban J connectivity index is 2.09. The molecular weight excluding hydrogens is 328 g/mol. The van der Waals surface area contributed by atoms with Crippen molar-refractivity contribution in [3.05, 3.63) is 40.4 Å². The summed E-state index contributed by atoms with van der Waals surface area (Å²) in [6, 6.07) is 8.58. The highest BCUT2D eigenvalue weighted by Gasteiger charge is 2.30. The monoisotopic (exact) mass is 358 g/mol. The van der Waals surface area contributed by atoms with Gasteiger partial charge in [0.2, 0.25) is 0 Å². The second kappa shape index (κ2) is 8.29. The van der Waals surface area contributed by atoms with Crippen LogP contribution in [-0.2, 0) is 11.3 Å². The first kappa shape index (κ1) is 19.0. The van der Waals surface area contributed by atoms with Crippen molar-refractivity contribution in [3.8, 4) is 0 Å². The fraction of sp³-hybridized carbons (Fsp3) is 0.600. The lowest BCUT2D eigenvalue weighted by Gasteiger charge is -2.40. The maximum atomic E-state index is 13.1. The van der Waals surface area contributed by atoms with Crippen molar-refractivity contribution in [1.82, 2.24) is 19.8 Å². The average Bonchev–Trinajstić information content (AvgIpc) is 2.61. The molecule has 1 aliphatic heterocycles. The van der Waals surface area contributed by atoms with Crippen LogP contribution in [0.1, 0.15) is 39.1 Å². The summed E-state index contributed by atoms with van der Waals surface area (Å²) in [7, 11) is 1.66. The average molecular weight is 358 g/mol. The fourth-order valence-electron chi connectivity index (χ4n) is 4.07. The predicted molar refractivity (Wildman–Crippen MR) is 105 cm³/mol. The van der Waals surface area contributed by atoms with E-state index < -0.39 is 0 Å². The lowest BCUT2D eigenvalue weighted by molar-refractivity contribution is 0.110. The summed E-state index contributed by atoms with van der Waals surface area (Å²) in [5.41, 5.74) is 0.799. The van der Waals surface area contributed by atoms with Crippen molar-refractivity contribution in [3.63, 3.8) is 0 Å². The predicted octanol–water partition coefficient (Wildman–Crippen LogP) is 2.18. The van der Waals surface area contributed by atoms with Crippen molar-refractivity contribution in [2.45, 2.75) is 51.9 Å². The number of para-hydroxylation sites is 1. The van der Waals surface area contributed by atoms with Crippen LogP contribution in [0.3, 0.4) is 0 Å². The molecule has 6 nitrogen and oxygen atoms in total. The number of piperazine rings is 1. The second-order valence-corrected chi connectivity index (χ2v) is 7.28. The van der Waals surface area contributed by atoms with E-state index in [4.69, 9.17) is 9.72 Å². The van der Waals surface area contributed by atoms with E-state index in [-0.39, 0.29) is 11.6 Å². The summed E-state index contributed by atoms with van der Waals surface area (Å²) in [4.78, 5) is 20.5. The number of nitrogens with zero attached hydrogens (tertiary/aromatic N) is 3. The number of benzene rings is 1. The van der Waals surface area contributed by atoms with Crippen LogP contribution in [-0.4, -0.2) is 53.3 Å². The molecule has 1 aromatic carbocycles. The van der Waals surface area contributed by atoms with E-state index in [1.165, 1.54) is 0 Å². The number of hydrogen-bond acceptors (Lipinski definition) is 5. The van der Waals surface area contributed by atoms with Crippen molar-refractivity contribution < 1.29 is 4.74 Å². The summed E-state index contributed by atoms with van der Waals surface area (Å²) in [5.74, 6) is 0.856. The third-order valence-corrected chi connectivity index (χ3v) is 5.12. The first-order chi connectivity index (χ1) is 12.5. The van der Waals surface area contributed by atoms with Gasteiger partial charge >= 0.3 is 0 Å². The Morgan fingerprint density at radius 2 is 1.96 bits per heavy atom. The Morgan fingerprint density at radius 3 is 2.62 bits per heavy atom. The summed E-state index contributed by atoms with van der Waals surface area (Å²) < 4.78 is 7.07. The van der Waals surface area contributed by atoms with E-state index in [0.29, 0.717) is 30.6 Å². The van der Waals surface area contributed by atoms with Gasteiger partial charge in [0.15, 0.2) is 0 Å². The lowest BCUT2D eigenvalue weighted by Crippen LogP contribution is -2.55. The number of fused-ring (bicyclic) bond motifs is 1. The maximum Gasteiger partial charge on any atom is 0.261 e. The summed E-state index contributed by atoms with van der Waals surface area (Å²) in [6.45, 7) is 9.52. The van der Waals surface area contributed by atoms with Crippen LogP contribution in [0.25, 0.3) is 10.9 Å². The zero-order valence-corrected chi connectivity index (χ0v) is 16.2. The van der Waals surface area contributed by atoms with Crippen molar-refractivity contribution >= 4 is 10.9 Å². The molecule has 1 saturated heterocycles. The molecule has 0 radical (unpaired) electrons. The molecule has 1 fully saturated rings. The largest absolute Gasteiger partial charge is 0.383 e. The van der Waals surface area contributed by atoms with Crippen LogP contribution in [0.2, 0.25) is 0 Å². The third kappa shape index (κ3) is 3.82. The summed E-state index contributed by atoms with van der Waals surface area (Å²) in [5, 5.41) is 4.25. The molecule has 6 heteroatoms. The van der Waals surface area contributed by atoms with Gasteiger partial charge in [-0.05, 0) is 32.4 Å². The molecule has 3 atom stereocenters. The van der Waals surface area contributed by atoms with Gasteiger partial charge in [0.05, 0.1) is 30.1 Å². The highest BCUT2D eigenvalue weighted by molar-refractivity contribution is 5.77. The third-order valence-electron chi connectivity index (χ3n) is 5.12. The molecule has 2 heterocycles. The maximum absolute atomic E-state index is 13.1. The van der Waals surface area contributed by atoms with Crippen molar-refractivity contribution in [2.75, 3.05) is 26.8 Å². The Bertz CT molecular complexity index is 794. The molecule has 1 N–H and O–H groups in total. The van der Waals surface area contributed by atoms with E-state index in [0.717, 1.165) is 30.9 Å². The Labute approximate surface area is 155 Å². The standard InChI is InChI=1S/C20H30N4O2/c1-5-18(23-12-14(2)21-15(3)13-23)19-22-17-9-7-6-8-16(17)20(25)24(19)10-11-26-4/h6-9,14-15,18,21H,5,10-13H2,1-4H3/t14-,15+,18?. The normalized spacial score (nSPS) is 22.6. The van der Waals surface area contributed by atoms with E-state index in [1.54, 1.807) is 7.11 Å². The van der Waals surface area contributed by atoms with Crippen LogP contribution < -0.4 is 10.9 Å². The molecule has 2 aromatic rings. The van der Waals surface area contributed by atoms with Gasteiger partial charge in [-0.1, -0.05) is 19.1 Å². The Morgan fingerprint density at radius 1 is 1.27 bits per heavy atom. The Hall–Kier alpha value is -1.76. The number of hydrogen-bond donors (Lipinski definition) is 1. The molecule has 1 aliphatic rings. The number of ether oxygens (including phenoxy) is 1. The zero-order valence-electron chi connectivity index (χ0n) is 16.2. The van der Waals surface area contributed by atoms with E-state index in [9.17, 15) is 4.79 Å². The number of methoxy groups -OCH3 is 1. The van der Waals surface area contributed by atoms with Gasteiger partial charge in [0.1, 0.15) is 5.82 Å². The van der Waals surface area contributed by atoms with Crippen molar-refractivity contribution in [2.24, 2.45) is 0 Å². The molecule has 1 unspecified atom stereocenters. The number of rotatable bonds is 6. The molecule has 0 bridgehead atoms. The van der Waals surface area contributed by atoms with E-state index in [2.05, 4.69) is 31.0 Å². The minimum absolute atomic E-state index is 0.0253. The molecule has 26 heavy (non-hydrogen) atoms. The van der Waals surface area contributed by atoms with Gasteiger partial charge in [0, 0.05) is 32.3 Å². The molecule has 3 rings (SSSR count). The topological polar surface area (TPSA) is 59.4 Å². The van der Waals surface area contributed by atoms with Gasteiger partial charge in [-0.3, -0.25) is 14.3 Å². The quantitative estimate of drug-likeness (QED) is 0.858. The number of aromatic nitrogens is 2. The van der Waals surface area contributed by atoms with E-state index in [1.807, 2.05) is 28.8 Å². The molecular formula is C20H30N4O2. The minimum atomic E-state index is 0.0253. The van der Waals surface area contributed by atoms with Crippen LogP contribution in [0, 0.1) is 0 Å². The van der Waals surface area contributed by atoms with E-state index >= 15 is 0 Å². The second-order valence-electron chi connectivity index (χ2n) is 7.28. The van der Waals surface area contributed by atoms with Gasteiger partial charge in [-0.25, -0.2) is 4.98 Å². The van der Waals surface area contributed by atoms with Crippen LogP contribution in [0.5, 0.6) is 0 Å². The molecule has 0 spiro atoms. The lowest BCUT2D eigenvalue weighted by atomic mass is 10.1. The first-order valence-electron chi connectivity index (χ1n) is 9.53. The summed E-state index contributed by atoms with van der Waals surface area (Å²) in [6.07, 6.45) is 0.914. The minimum Gasteiger partial charge on any atom is -0.383 e. The summed E-state index contributed by atoms with van der Waals surface area (Å²) >= 11 is 0. The molecule has 142 valence electrons. The SMILES string of the molecule is CCC(c1nc2ccccc2c(=O)n1CCOC)N1C[C@@H](C)N[C@@H](C)C1. The first-order valence-corrected chi connectivity index (χ1v) is 9.53. The van der Waals surface area contributed by atoms with Gasteiger partial charge in [0.25, 0.3) is 5.56 Å². The van der Waals surface area contributed by atoms with Gasteiger partial charge in [-0.2, -0.15) is 0 Å². The van der Waals surface area contributed by atoms with Gasteiger partial charge in [-0.15, -0.1) is 0 Å². The highest BCUT2D eigenvalue weighted by Crippen LogP contribution is 2.25. The van der Waals surface area contributed by atoms with Crippen LogP contribution in [0.15, 0.2) is 29.1 Å². The number of nitrogens with one attached hydrogen (secondary N) is 1. The molecule has 0 saturated carbocycles. The smallest absolute Gasteiger partial charge is 0.261 e. The van der Waals surface area contributed by atoms with Crippen molar-refractivity contribution in [1.29, 1.82) is 0 Å². The van der Waals surface area contributed by atoms with Gasteiger partial charge < -0.3 is 10.1 Å². The Kier molecular flexibility index (Phi) is 6.06.